The maximum atomic E-state index is 11.6. The zero-order chi connectivity index (χ0) is 19.0. The Hall–Kier alpha value is -1.78. The molecule has 0 radical (unpaired) electrons. The molecule has 1 amide bonds. The lowest BCUT2D eigenvalue weighted by atomic mass is 10.2. The van der Waals surface area contributed by atoms with Gasteiger partial charge in [0.15, 0.2) is 5.96 Å². The first kappa shape index (κ1) is 23.3. The summed E-state index contributed by atoms with van der Waals surface area (Å²) in [6.07, 6.45) is 1.41. The molecule has 2 heterocycles. The number of rotatable bonds is 4. The van der Waals surface area contributed by atoms with E-state index in [0.29, 0.717) is 13.1 Å². The summed E-state index contributed by atoms with van der Waals surface area (Å²) in [6, 6.07) is 5.97. The van der Waals surface area contributed by atoms with Crippen molar-refractivity contribution in [1.29, 1.82) is 0 Å². The Morgan fingerprint density at radius 2 is 1.85 bits per heavy atom. The first-order valence-corrected chi connectivity index (χ1v) is 8.97. The molecule has 27 heavy (non-hydrogen) atoms. The summed E-state index contributed by atoms with van der Waals surface area (Å²) < 4.78 is 5.21. The second kappa shape index (κ2) is 11.2. The van der Waals surface area contributed by atoms with E-state index >= 15 is 0 Å². The number of hydrogen-bond acceptors (Lipinski definition) is 5. The molecule has 0 spiro atoms. The monoisotopic (exact) mass is 490 g/mol. The van der Waals surface area contributed by atoms with Crippen LogP contribution in [0.4, 0.5) is 10.6 Å². The third kappa shape index (κ3) is 8.19. The minimum atomic E-state index is -0.485. The van der Waals surface area contributed by atoms with Crippen molar-refractivity contribution >= 4 is 41.8 Å². The van der Waals surface area contributed by atoms with Gasteiger partial charge >= 0.3 is 6.09 Å². The normalized spacial score (nSPS) is 15.0. The van der Waals surface area contributed by atoms with Crippen LogP contribution in [-0.4, -0.2) is 73.9 Å². The molecule has 0 bridgehead atoms. The van der Waals surface area contributed by atoms with Crippen LogP contribution in [0.1, 0.15) is 20.8 Å². The van der Waals surface area contributed by atoms with Crippen molar-refractivity contribution in [3.05, 3.63) is 24.4 Å². The van der Waals surface area contributed by atoms with Gasteiger partial charge in [0.05, 0.1) is 0 Å². The minimum absolute atomic E-state index is 0. The second-order valence-corrected chi connectivity index (χ2v) is 7.06. The van der Waals surface area contributed by atoms with Gasteiger partial charge in [-0.2, -0.15) is 0 Å². The maximum absolute atomic E-state index is 11.6. The SMILES string of the molecule is CN=C(NCCNC(=O)OC(C)(C)C)N1CCN(c2ccccn2)CC1.I. The molecule has 1 aromatic rings. The van der Waals surface area contributed by atoms with Crippen molar-refractivity contribution in [2.75, 3.05) is 51.2 Å². The first-order valence-electron chi connectivity index (χ1n) is 8.97. The van der Waals surface area contributed by atoms with Crippen molar-refractivity contribution in [3.63, 3.8) is 0 Å². The van der Waals surface area contributed by atoms with E-state index in [1.165, 1.54) is 0 Å². The number of guanidine groups is 1. The van der Waals surface area contributed by atoms with Gasteiger partial charge in [-0.25, -0.2) is 9.78 Å². The highest BCUT2D eigenvalue weighted by Gasteiger charge is 2.20. The fourth-order valence-electron chi connectivity index (χ4n) is 2.67. The third-order valence-corrected chi connectivity index (χ3v) is 3.84. The highest BCUT2D eigenvalue weighted by atomic mass is 127. The average Bonchev–Trinajstić information content (AvgIpc) is 2.61. The standard InChI is InChI=1S/C18H30N6O2.HI/c1-18(2,3)26-17(25)22-10-9-21-16(19-4)24-13-11-23(12-14-24)15-7-5-6-8-20-15;/h5-8H,9-14H2,1-4H3,(H,19,21)(H,22,25);1H. The summed E-state index contributed by atoms with van der Waals surface area (Å²) in [7, 11) is 1.77. The first-order chi connectivity index (χ1) is 12.4. The van der Waals surface area contributed by atoms with Gasteiger partial charge in [-0.1, -0.05) is 6.07 Å². The molecule has 2 N–H and O–H groups in total. The van der Waals surface area contributed by atoms with Crippen LogP contribution in [0.15, 0.2) is 29.4 Å². The predicted molar refractivity (Wildman–Crippen MR) is 119 cm³/mol. The number of nitrogens with one attached hydrogen (secondary N) is 2. The van der Waals surface area contributed by atoms with Crippen LogP contribution in [0.25, 0.3) is 0 Å². The summed E-state index contributed by atoms with van der Waals surface area (Å²) in [6.45, 7) is 10.1. The number of piperazine rings is 1. The molecule has 1 aromatic heterocycles. The van der Waals surface area contributed by atoms with Crippen LogP contribution in [0.3, 0.4) is 0 Å². The smallest absolute Gasteiger partial charge is 0.407 e. The Balaban J connectivity index is 0.00000364. The number of carbonyl (C=O) groups excluding carboxylic acids is 1. The Labute approximate surface area is 178 Å². The summed E-state index contributed by atoms with van der Waals surface area (Å²) in [5.41, 5.74) is -0.485. The molecule has 1 aliphatic heterocycles. The van der Waals surface area contributed by atoms with Gasteiger partial charge in [0.2, 0.25) is 0 Å². The lowest BCUT2D eigenvalue weighted by Crippen LogP contribution is -2.53. The van der Waals surface area contributed by atoms with Crippen molar-refractivity contribution in [2.24, 2.45) is 4.99 Å². The van der Waals surface area contributed by atoms with E-state index in [1.807, 2.05) is 45.2 Å². The lowest BCUT2D eigenvalue weighted by Gasteiger charge is -2.37. The summed E-state index contributed by atoms with van der Waals surface area (Å²) in [5, 5.41) is 6.02. The molecular formula is C18H31IN6O2. The largest absolute Gasteiger partial charge is 0.444 e. The van der Waals surface area contributed by atoms with Crippen LogP contribution in [-0.2, 0) is 4.74 Å². The number of aliphatic imine (C=N–C) groups is 1. The summed E-state index contributed by atoms with van der Waals surface area (Å²) in [5.74, 6) is 1.85. The van der Waals surface area contributed by atoms with Crippen molar-refractivity contribution in [3.8, 4) is 0 Å². The van der Waals surface area contributed by atoms with Gasteiger partial charge in [0, 0.05) is 52.5 Å². The molecule has 0 unspecified atom stereocenters. The molecule has 8 nitrogen and oxygen atoms in total. The van der Waals surface area contributed by atoms with Gasteiger partial charge in [-0.05, 0) is 32.9 Å². The molecule has 9 heteroatoms. The summed E-state index contributed by atoms with van der Waals surface area (Å²) >= 11 is 0. The topological polar surface area (TPSA) is 82.1 Å². The third-order valence-electron chi connectivity index (χ3n) is 3.84. The van der Waals surface area contributed by atoms with E-state index in [4.69, 9.17) is 4.74 Å². The molecule has 0 aromatic carbocycles. The highest BCUT2D eigenvalue weighted by Crippen LogP contribution is 2.12. The van der Waals surface area contributed by atoms with E-state index in [2.05, 4.69) is 30.4 Å². The van der Waals surface area contributed by atoms with E-state index < -0.39 is 11.7 Å². The van der Waals surface area contributed by atoms with Crippen molar-refractivity contribution in [1.82, 2.24) is 20.5 Å². The molecule has 0 atom stereocenters. The van der Waals surface area contributed by atoms with Crippen molar-refractivity contribution in [2.45, 2.75) is 26.4 Å². The van der Waals surface area contributed by atoms with Crippen LogP contribution in [0.2, 0.25) is 0 Å². The number of hydrogen-bond donors (Lipinski definition) is 2. The van der Waals surface area contributed by atoms with Gasteiger partial charge in [-0.3, -0.25) is 4.99 Å². The fraction of sp³-hybridized carbons (Fsp3) is 0.611. The molecular weight excluding hydrogens is 459 g/mol. The van der Waals surface area contributed by atoms with Gasteiger partial charge < -0.3 is 25.2 Å². The number of halogens is 1. The number of alkyl carbamates (subject to hydrolysis) is 1. The number of aromatic nitrogens is 1. The van der Waals surface area contributed by atoms with Gasteiger partial charge in [0.25, 0.3) is 0 Å². The Morgan fingerprint density at radius 3 is 2.41 bits per heavy atom. The Morgan fingerprint density at radius 1 is 1.19 bits per heavy atom. The number of anilines is 1. The van der Waals surface area contributed by atoms with E-state index in [0.717, 1.165) is 38.0 Å². The van der Waals surface area contributed by atoms with Crippen LogP contribution in [0.5, 0.6) is 0 Å². The number of pyridine rings is 1. The molecule has 0 saturated carbocycles. The van der Waals surface area contributed by atoms with Gasteiger partial charge in [0.1, 0.15) is 11.4 Å². The number of amides is 1. The fourth-order valence-corrected chi connectivity index (χ4v) is 2.67. The average molecular weight is 490 g/mol. The molecule has 0 aliphatic carbocycles. The Kier molecular flexibility index (Phi) is 9.61. The number of carbonyl (C=O) groups is 1. The maximum Gasteiger partial charge on any atom is 0.407 e. The van der Waals surface area contributed by atoms with Crippen LogP contribution in [0, 0.1) is 0 Å². The highest BCUT2D eigenvalue weighted by molar-refractivity contribution is 14.0. The van der Waals surface area contributed by atoms with Crippen LogP contribution >= 0.6 is 24.0 Å². The lowest BCUT2D eigenvalue weighted by molar-refractivity contribution is 0.0529. The van der Waals surface area contributed by atoms with Gasteiger partial charge in [-0.15, -0.1) is 24.0 Å². The van der Waals surface area contributed by atoms with E-state index in [1.54, 1.807) is 7.05 Å². The second-order valence-electron chi connectivity index (χ2n) is 7.06. The molecule has 1 fully saturated rings. The zero-order valence-electron chi connectivity index (χ0n) is 16.6. The molecule has 1 aliphatic rings. The minimum Gasteiger partial charge on any atom is -0.444 e. The summed E-state index contributed by atoms with van der Waals surface area (Å²) in [4.78, 5) is 24.9. The van der Waals surface area contributed by atoms with E-state index in [-0.39, 0.29) is 24.0 Å². The molecule has 152 valence electrons. The zero-order valence-corrected chi connectivity index (χ0v) is 18.9. The number of ether oxygens (including phenoxy) is 1. The van der Waals surface area contributed by atoms with Crippen molar-refractivity contribution < 1.29 is 9.53 Å². The Bertz CT molecular complexity index is 598. The van der Waals surface area contributed by atoms with E-state index in [9.17, 15) is 4.79 Å². The quantitative estimate of drug-likeness (QED) is 0.291. The molecule has 1 saturated heterocycles. The number of nitrogens with zero attached hydrogens (tertiary/aromatic N) is 4. The van der Waals surface area contributed by atoms with Crippen LogP contribution < -0.4 is 15.5 Å². The molecule has 2 rings (SSSR count). The predicted octanol–water partition coefficient (Wildman–Crippen LogP) is 1.92.